The highest BCUT2D eigenvalue weighted by molar-refractivity contribution is 6.44. The second-order valence-electron chi connectivity index (χ2n) is 5.32. The van der Waals surface area contributed by atoms with Crippen LogP contribution >= 0.6 is 69.6 Å². The van der Waals surface area contributed by atoms with Gasteiger partial charge in [-0.15, -0.1) is 0 Å². The SMILES string of the molecule is Oc1c(Cl)cc(Cl)c(Cl)c1CNCCNCc1c(O)c(Cl)cc(Cl)c1Cl. The van der Waals surface area contributed by atoms with Gasteiger partial charge >= 0.3 is 0 Å². The van der Waals surface area contributed by atoms with Crippen LogP contribution in [0.4, 0.5) is 0 Å². The van der Waals surface area contributed by atoms with Crippen molar-refractivity contribution in [2.45, 2.75) is 13.1 Å². The van der Waals surface area contributed by atoms with Gasteiger partial charge in [-0.3, -0.25) is 0 Å². The Bertz CT molecular complexity index is 696. The lowest BCUT2D eigenvalue weighted by Gasteiger charge is -2.13. The Hall–Kier alpha value is -0.300. The summed E-state index contributed by atoms with van der Waals surface area (Å²) in [5.74, 6) is -0.210. The maximum Gasteiger partial charge on any atom is 0.140 e. The van der Waals surface area contributed by atoms with E-state index in [4.69, 9.17) is 69.6 Å². The van der Waals surface area contributed by atoms with Crippen LogP contribution in [0.15, 0.2) is 12.1 Å². The lowest BCUT2D eigenvalue weighted by molar-refractivity contribution is 0.461. The molecule has 0 aromatic heterocycles. The van der Waals surface area contributed by atoms with E-state index in [1.54, 1.807) is 0 Å². The van der Waals surface area contributed by atoms with Gasteiger partial charge in [-0.05, 0) is 12.1 Å². The van der Waals surface area contributed by atoms with E-state index in [9.17, 15) is 10.2 Å². The summed E-state index contributed by atoms with van der Waals surface area (Å²) in [6.07, 6.45) is 0. The number of nitrogens with one attached hydrogen (secondary N) is 2. The van der Waals surface area contributed by atoms with Crippen LogP contribution in [0, 0.1) is 0 Å². The molecule has 2 aromatic rings. The van der Waals surface area contributed by atoms with Crippen LogP contribution in [0.1, 0.15) is 11.1 Å². The van der Waals surface area contributed by atoms with Crippen LogP contribution in [0.3, 0.4) is 0 Å². The maximum absolute atomic E-state index is 9.97. The Labute approximate surface area is 180 Å². The summed E-state index contributed by atoms with van der Waals surface area (Å²) in [5.41, 5.74) is 0.845. The molecule has 0 saturated heterocycles. The first-order valence-corrected chi connectivity index (χ1v) is 9.62. The van der Waals surface area contributed by atoms with Gasteiger partial charge in [-0.25, -0.2) is 0 Å². The number of phenolic OH excluding ortho intramolecular Hbond substituents is 2. The van der Waals surface area contributed by atoms with Crippen LogP contribution < -0.4 is 10.6 Å². The van der Waals surface area contributed by atoms with Crippen molar-refractivity contribution in [3.8, 4) is 11.5 Å². The molecule has 0 radical (unpaired) electrons. The standard InChI is InChI=1S/C16H14Cl6N2O2/c17-9-3-11(19)15(25)7(13(9)21)5-23-1-2-24-6-8-14(22)10(18)4-12(20)16(8)26/h3-4,23-26H,1-2,5-6H2. The van der Waals surface area contributed by atoms with E-state index in [2.05, 4.69) is 10.6 Å². The van der Waals surface area contributed by atoms with Crippen LogP contribution in [-0.4, -0.2) is 23.3 Å². The zero-order valence-corrected chi connectivity index (χ0v) is 17.7. The van der Waals surface area contributed by atoms with E-state index < -0.39 is 0 Å². The summed E-state index contributed by atoms with van der Waals surface area (Å²) in [6, 6.07) is 2.77. The summed E-state index contributed by atoms with van der Waals surface area (Å²) in [4.78, 5) is 0. The third-order valence-corrected chi connectivity index (χ3v) is 5.79. The molecular formula is C16H14Cl6N2O2. The lowest BCUT2D eigenvalue weighted by Crippen LogP contribution is -2.27. The van der Waals surface area contributed by atoms with Gasteiger partial charge in [0.25, 0.3) is 0 Å². The number of hydrogen-bond acceptors (Lipinski definition) is 4. The van der Waals surface area contributed by atoms with Gasteiger partial charge in [0, 0.05) is 37.3 Å². The number of aromatic hydroxyl groups is 2. The molecule has 0 fully saturated rings. The molecule has 0 heterocycles. The number of halogens is 6. The molecule has 4 N–H and O–H groups in total. The zero-order valence-electron chi connectivity index (χ0n) is 13.1. The normalized spacial score (nSPS) is 11.2. The average molecular weight is 479 g/mol. The molecular weight excluding hydrogens is 465 g/mol. The number of benzene rings is 2. The Morgan fingerprint density at radius 3 is 1.31 bits per heavy atom. The van der Waals surface area contributed by atoms with E-state index in [-0.39, 0.29) is 54.7 Å². The van der Waals surface area contributed by atoms with Crippen molar-refractivity contribution in [3.63, 3.8) is 0 Å². The van der Waals surface area contributed by atoms with Crippen LogP contribution in [0.25, 0.3) is 0 Å². The highest BCUT2D eigenvalue weighted by atomic mass is 35.5. The van der Waals surface area contributed by atoms with E-state index in [1.807, 2.05) is 0 Å². The summed E-state index contributed by atoms with van der Waals surface area (Å²) >= 11 is 35.8. The quantitative estimate of drug-likeness (QED) is 0.295. The molecule has 0 aliphatic carbocycles. The van der Waals surface area contributed by atoms with Gasteiger partial charge in [0.15, 0.2) is 0 Å². The summed E-state index contributed by atoms with van der Waals surface area (Å²) in [7, 11) is 0. The minimum Gasteiger partial charge on any atom is -0.506 e. The molecule has 0 unspecified atom stereocenters. The maximum atomic E-state index is 9.97. The van der Waals surface area contributed by atoms with Crippen LogP contribution in [0.2, 0.25) is 30.1 Å². The van der Waals surface area contributed by atoms with Gasteiger partial charge in [0.2, 0.25) is 0 Å². The minimum atomic E-state index is -0.105. The van der Waals surface area contributed by atoms with Crippen molar-refractivity contribution in [3.05, 3.63) is 53.4 Å². The first kappa shape index (κ1) is 22.0. The minimum absolute atomic E-state index is 0.105. The predicted molar refractivity (Wildman–Crippen MR) is 110 cm³/mol. The number of phenols is 2. The lowest BCUT2D eigenvalue weighted by atomic mass is 10.2. The van der Waals surface area contributed by atoms with Gasteiger partial charge in [-0.2, -0.15) is 0 Å². The highest BCUT2D eigenvalue weighted by Crippen LogP contribution is 2.39. The van der Waals surface area contributed by atoms with E-state index >= 15 is 0 Å². The van der Waals surface area contributed by atoms with Gasteiger partial charge < -0.3 is 20.8 Å². The van der Waals surface area contributed by atoms with Crippen LogP contribution in [0.5, 0.6) is 11.5 Å². The van der Waals surface area contributed by atoms with E-state index in [0.29, 0.717) is 24.2 Å². The first-order valence-electron chi connectivity index (χ1n) is 7.36. The van der Waals surface area contributed by atoms with Gasteiger partial charge in [0.05, 0.1) is 30.1 Å². The zero-order chi connectivity index (χ0) is 19.4. The fraction of sp³-hybridized carbons (Fsp3) is 0.250. The highest BCUT2D eigenvalue weighted by Gasteiger charge is 2.15. The molecule has 10 heteroatoms. The van der Waals surface area contributed by atoms with Crippen molar-refractivity contribution < 1.29 is 10.2 Å². The largest absolute Gasteiger partial charge is 0.506 e. The molecule has 0 aliphatic heterocycles. The van der Waals surface area contributed by atoms with Crippen molar-refractivity contribution in [2.75, 3.05) is 13.1 Å². The molecule has 4 nitrogen and oxygen atoms in total. The molecule has 0 spiro atoms. The Morgan fingerprint density at radius 2 is 0.962 bits per heavy atom. The average Bonchev–Trinajstić information content (AvgIpc) is 2.59. The molecule has 0 saturated carbocycles. The van der Waals surface area contributed by atoms with Gasteiger partial charge in [-0.1, -0.05) is 69.6 Å². The predicted octanol–water partition coefficient (Wildman–Crippen LogP) is 5.90. The number of rotatable bonds is 7. The molecule has 0 aliphatic rings. The first-order chi connectivity index (χ1) is 12.2. The van der Waals surface area contributed by atoms with Crippen LogP contribution in [-0.2, 0) is 13.1 Å². The van der Waals surface area contributed by atoms with Crippen molar-refractivity contribution in [1.82, 2.24) is 10.6 Å². The topological polar surface area (TPSA) is 64.5 Å². The second-order valence-corrected chi connectivity index (χ2v) is 7.70. The molecule has 2 aromatic carbocycles. The van der Waals surface area contributed by atoms with Crippen molar-refractivity contribution >= 4 is 69.6 Å². The molecule has 26 heavy (non-hydrogen) atoms. The molecule has 2 rings (SSSR count). The summed E-state index contributed by atoms with van der Waals surface area (Å²) < 4.78 is 0. The Balaban J connectivity index is 1.86. The molecule has 142 valence electrons. The fourth-order valence-electron chi connectivity index (χ4n) is 2.20. The molecule has 0 amide bonds. The Kier molecular flexibility index (Phi) is 8.26. The second kappa shape index (κ2) is 9.76. The smallest absolute Gasteiger partial charge is 0.140 e. The monoisotopic (exact) mass is 476 g/mol. The summed E-state index contributed by atoms with van der Waals surface area (Å²) in [6.45, 7) is 1.63. The summed E-state index contributed by atoms with van der Waals surface area (Å²) in [5, 5.41) is 27.5. The third kappa shape index (κ3) is 5.15. The van der Waals surface area contributed by atoms with Gasteiger partial charge in [0.1, 0.15) is 11.5 Å². The van der Waals surface area contributed by atoms with E-state index in [0.717, 1.165) is 0 Å². The third-order valence-electron chi connectivity index (χ3n) is 3.56. The number of hydrogen-bond donors (Lipinski definition) is 4. The van der Waals surface area contributed by atoms with E-state index in [1.165, 1.54) is 12.1 Å². The van der Waals surface area contributed by atoms with Crippen molar-refractivity contribution in [1.29, 1.82) is 0 Å². The van der Waals surface area contributed by atoms with Crippen molar-refractivity contribution in [2.24, 2.45) is 0 Å². The Morgan fingerprint density at radius 1 is 0.615 bits per heavy atom. The molecule has 0 atom stereocenters. The molecule has 0 bridgehead atoms. The fourth-order valence-corrected chi connectivity index (χ4v) is 3.62.